The van der Waals surface area contributed by atoms with E-state index in [1.165, 1.54) is 0 Å². The molecule has 23 heavy (non-hydrogen) atoms. The number of aliphatic hydroxyl groups is 1. The monoisotopic (exact) mass is 335 g/mol. The summed E-state index contributed by atoms with van der Waals surface area (Å²) in [5.41, 5.74) is 0.787. The van der Waals surface area contributed by atoms with Crippen molar-refractivity contribution in [3.8, 4) is 0 Å². The average Bonchev–Trinajstić information content (AvgIpc) is 2.91. The predicted molar refractivity (Wildman–Crippen MR) is 90.1 cm³/mol. The molecule has 1 heterocycles. The minimum Gasteiger partial charge on any atom is -0.375 e. The Morgan fingerprint density at radius 3 is 2.78 bits per heavy atom. The van der Waals surface area contributed by atoms with Gasteiger partial charge < -0.3 is 10.4 Å². The highest BCUT2D eigenvalue weighted by Crippen LogP contribution is 2.27. The van der Waals surface area contributed by atoms with E-state index in [0.29, 0.717) is 17.1 Å². The van der Waals surface area contributed by atoms with Crippen LogP contribution in [0, 0.1) is 0 Å². The minimum absolute atomic E-state index is 0.257. The van der Waals surface area contributed by atoms with Gasteiger partial charge in [0.1, 0.15) is 0 Å². The lowest BCUT2D eigenvalue weighted by molar-refractivity contribution is -0.141. The number of rotatable bonds is 6. The Bertz CT molecular complexity index is 699. The first-order valence-corrected chi connectivity index (χ1v) is 8.06. The Kier molecular flexibility index (Phi) is 5.44. The lowest BCUT2D eigenvalue weighted by Gasteiger charge is -2.26. The van der Waals surface area contributed by atoms with E-state index in [4.69, 9.17) is 11.6 Å². The van der Waals surface area contributed by atoms with Gasteiger partial charge in [-0.15, -0.1) is 0 Å². The van der Waals surface area contributed by atoms with E-state index in [0.717, 1.165) is 17.7 Å². The topological polar surface area (TPSA) is 67.2 Å². The predicted octanol–water partition coefficient (Wildman–Crippen LogP) is 2.55. The zero-order chi connectivity index (χ0) is 17.0. The molecule has 2 rings (SSSR count). The standard InChI is InChI=1S/C17H22ClN3O2/c1-4-15-12(11-21(3)20-15)10-19-16(22)17(23,5-2)13-7-6-8-14(18)9-13/h6-9,11,23H,4-5,10H2,1-3H3,(H,19,22)/t17-/m1/s1. The summed E-state index contributed by atoms with van der Waals surface area (Å²) in [5, 5.41) is 18.4. The van der Waals surface area contributed by atoms with E-state index in [9.17, 15) is 9.90 Å². The van der Waals surface area contributed by atoms with Crippen LogP contribution in [0.25, 0.3) is 0 Å². The number of halogens is 1. The van der Waals surface area contributed by atoms with E-state index in [1.54, 1.807) is 35.9 Å². The van der Waals surface area contributed by atoms with Crippen LogP contribution in [-0.4, -0.2) is 20.8 Å². The molecule has 0 fully saturated rings. The third-order valence-electron chi connectivity index (χ3n) is 3.96. The quantitative estimate of drug-likeness (QED) is 0.852. The third-order valence-corrected chi connectivity index (χ3v) is 4.19. The second-order valence-electron chi connectivity index (χ2n) is 5.54. The zero-order valence-corrected chi connectivity index (χ0v) is 14.4. The van der Waals surface area contributed by atoms with Crippen molar-refractivity contribution in [3.63, 3.8) is 0 Å². The maximum Gasteiger partial charge on any atom is 0.256 e. The molecular formula is C17H22ClN3O2. The molecular weight excluding hydrogens is 314 g/mol. The Hall–Kier alpha value is -1.85. The van der Waals surface area contributed by atoms with Crippen molar-refractivity contribution in [2.75, 3.05) is 0 Å². The summed E-state index contributed by atoms with van der Waals surface area (Å²) >= 11 is 5.97. The maximum absolute atomic E-state index is 12.6. The molecule has 0 spiro atoms. The van der Waals surface area contributed by atoms with Gasteiger partial charge in [-0.25, -0.2) is 0 Å². The van der Waals surface area contributed by atoms with Crippen LogP contribution in [0.15, 0.2) is 30.5 Å². The number of aromatic nitrogens is 2. The van der Waals surface area contributed by atoms with Gasteiger partial charge in [0.05, 0.1) is 5.69 Å². The molecule has 0 saturated carbocycles. The molecule has 124 valence electrons. The van der Waals surface area contributed by atoms with E-state index in [1.807, 2.05) is 20.2 Å². The maximum atomic E-state index is 12.6. The van der Waals surface area contributed by atoms with Crippen molar-refractivity contribution < 1.29 is 9.90 Å². The van der Waals surface area contributed by atoms with Crippen molar-refractivity contribution in [1.82, 2.24) is 15.1 Å². The van der Waals surface area contributed by atoms with Crippen molar-refractivity contribution in [2.45, 2.75) is 38.8 Å². The molecule has 1 atom stereocenters. The SMILES string of the molecule is CCc1nn(C)cc1CNC(=O)[C@@](O)(CC)c1cccc(Cl)c1. The number of nitrogens with zero attached hydrogens (tertiary/aromatic N) is 2. The Morgan fingerprint density at radius 2 is 2.17 bits per heavy atom. The van der Waals surface area contributed by atoms with E-state index >= 15 is 0 Å². The fourth-order valence-corrected chi connectivity index (χ4v) is 2.78. The van der Waals surface area contributed by atoms with Crippen LogP contribution in [0.5, 0.6) is 0 Å². The summed E-state index contributed by atoms with van der Waals surface area (Å²) in [7, 11) is 1.85. The molecule has 5 nitrogen and oxygen atoms in total. The smallest absolute Gasteiger partial charge is 0.256 e. The van der Waals surface area contributed by atoms with Crippen molar-refractivity contribution in [1.29, 1.82) is 0 Å². The highest BCUT2D eigenvalue weighted by atomic mass is 35.5. The average molecular weight is 336 g/mol. The summed E-state index contributed by atoms with van der Waals surface area (Å²) in [6.07, 6.45) is 2.93. The molecule has 0 aliphatic heterocycles. The summed E-state index contributed by atoms with van der Waals surface area (Å²) in [4.78, 5) is 12.6. The molecule has 0 radical (unpaired) electrons. The Balaban J connectivity index is 2.17. The summed E-state index contributed by atoms with van der Waals surface area (Å²) in [6, 6.07) is 6.76. The van der Waals surface area contributed by atoms with Crippen molar-refractivity contribution >= 4 is 17.5 Å². The lowest BCUT2D eigenvalue weighted by Crippen LogP contribution is -2.43. The zero-order valence-electron chi connectivity index (χ0n) is 13.6. The van der Waals surface area contributed by atoms with Gasteiger partial charge in [-0.2, -0.15) is 5.10 Å². The first kappa shape index (κ1) is 17.5. The lowest BCUT2D eigenvalue weighted by atomic mass is 9.90. The van der Waals surface area contributed by atoms with Crippen LogP contribution in [0.1, 0.15) is 37.1 Å². The highest BCUT2D eigenvalue weighted by Gasteiger charge is 2.36. The number of hydrogen-bond donors (Lipinski definition) is 2. The van der Waals surface area contributed by atoms with Gasteiger partial charge in [-0.3, -0.25) is 9.48 Å². The van der Waals surface area contributed by atoms with Crippen molar-refractivity contribution in [2.24, 2.45) is 7.05 Å². The number of hydrogen-bond acceptors (Lipinski definition) is 3. The molecule has 1 aromatic carbocycles. The van der Waals surface area contributed by atoms with Crippen molar-refractivity contribution in [3.05, 3.63) is 52.3 Å². The number of carbonyl (C=O) groups is 1. The first-order valence-electron chi connectivity index (χ1n) is 7.68. The van der Waals surface area contributed by atoms with Gasteiger partial charge in [0.25, 0.3) is 5.91 Å². The van der Waals surface area contributed by atoms with Crippen LogP contribution in [-0.2, 0) is 30.4 Å². The van der Waals surface area contributed by atoms with Crippen LogP contribution in [0.2, 0.25) is 5.02 Å². The fourth-order valence-electron chi connectivity index (χ4n) is 2.59. The van der Waals surface area contributed by atoms with Crippen LogP contribution < -0.4 is 5.32 Å². The number of amides is 1. The van der Waals surface area contributed by atoms with Crippen LogP contribution in [0.4, 0.5) is 0 Å². The second-order valence-corrected chi connectivity index (χ2v) is 5.97. The molecule has 6 heteroatoms. The third kappa shape index (κ3) is 3.74. The van der Waals surface area contributed by atoms with E-state index in [2.05, 4.69) is 10.4 Å². The second kappa shape index (κ2) is 7.15. The normalized spacial score (nSPS) is 13.6. The molecule has 1 amide bonds. The van der Waals surface area contributed by atoms with Gasteiger partial charge in [-0.05, 0) is 30.5 Å². The van der Waals surface area contributed by atoms with E-state index in [-0.39, 0.29) is 6.42 Å². The highest BCUT2D eigenvalue weighted by molar-refractivity contribution is 6.30. The van der Waals surface area contributed by atoms with Gasteiger partial charge >= 0.3 is 0 Å². The number of nitrogens with one attached hydrogen (secondary N) is 1. The number of benzene rings is 1. The molecule has 2 N–H and O–H groups in total. The van der Waals surface area contributed by atoms with Gasteiger partial charge in [0, 0.05) is 30.4 Å². The van der Waals surface area contributed by atoms with Crippen LogP contribution in [0.3, 0.4) is 0 Å². The molecule has 0 saturated heterocycles. The molecule has 0 aliphatic rings. The van der Waals surface area contributed by atoms with Gasteiger partial charge in [-0.1, -0.05) is 37.6 Å². The van der Waals surface area contributed by atoms with Gasteiger partial charge in [0.15, 0.2) is 5.60 Å². The Morgan fingerprint density at radius 1 is 1.43 bits per heavy atom. The molecule has 1 aromatic heterocycles. The van der Waals surface area contributed by atoms with Crippen LogP contribution >= 0.6 is 11.6 Å². The largest absolute Gasteiger partial charge is 0.375 e. The minimum atomic E-state index is -1.60. The molecule has 0 unspecified atom stereocenters. The molecule has 2 aromatic rings. The fraction of sp³-hybridized carbons (Fsp3) is 0.412. The number of carbonyl (C=O) groups excluding carboxylic acids is 1. The number of aryl methyl sites for hydroxylation is 2. The molecule has 0 bridgehead atoms. The Labute approximate surface area is 141 Å². The summed E-state index contributed by atoms with van der Waals surface area (Å²) in [5.74, 6) is -0.437. The first-order chi connectivity index (χ1) is 10.9. The summed E-state index contributed by atoms with van der Waals surface area (Å²) < 4.78 is 1.73. The van der Waals surface area contributed by atoms with E-state index < -0.39 is 11.5 Å². The van der Waals surface area contributed by atoms with Gasteiger partial charge in [0.2, 0.25) is 0 Å². The molecule has 0 aliphatic carbocycles. The summed E-state index contributed by atoms with van der Waals surface area (Å²) in [6.45, 7) is 4.11.